The van der Waals surface area contributed by atoms with Gasteiger partial charge in [0.05, 0.1) is 19.8 Å². The molecular weight excluding hydrogens is 396 g/mol. The number of hydrogen-bond acceptors (Lipinski definition) is 8. The molecule has 0 aliphatic rings. The zero-order valence-electron chi connectivity index (χ0n) is 17.2. The molecule has 10 heteroatoms. The fourth-order valence-electron chi connectivity index (χ4n) is 2.44. The van der Waals surface area contributed by atoms with E-state index in [-0.39, 0.29) is 19.8 Å². The Labute approximate surface area is 175 Å². The summed E-state index contributed by atoms with van der Waals surface area (Å²) < 4.78 is 15.5. The van der Waals surface area contributed by atoms with E-state index in [1.807, 2.05) is 37.3 Å². The topological polar surface area (TPSA) is 126 Å². The molecular formula is C20H30N2O8. The summed E-state index contributed by atoms with van der Waals surface area (Å²) in [5, 5.41) is 11.7. The van der Waals surface area contributed by atoms with E-state index >= 15 is 0 Å². The summed E-state index contributed by atoms with van der Waals surface area (Å²) in [6, 6.07) is 8.72. The van der Waals surface area contributed by atoms with Crippen molar-refractivity contribution in [2.24, 2.45) is 0 Å². The number of benzene rings is 1. The highest BCUT2D eigenvalue weighted by molar-refractivity contribution is 5.81. The van der Waals surface area contributed by atoms with Gasteiger partial charge in [0.1, 0.15) is 12.6 Å². The summed E-state index contributed by atoms with van der Waals surface area (Å²) in [5.41, 5.74) is 1.03. The number of amides is 1. The van der Waals surface area contributed by atoms with E-state index in [0.717, 1.165) is 12.0 Å². The largest absolute Gasteiger partial charge is 0.462 e. The summed E-state index contributed by atoms with van der Waals surface area (Å²) in [4.78, 5) is 38.6. The van der Waals surface area contributed by atoms with Crippen molar-refractivity contribution in [2.45, 2.75) is 45.1 Å². The molecule has 0 heterocycles. The molecule has 1 atom stereocenters. The van der Waals surface area contributed by atoms with Crippen molar-refractivity contribution >= 4 is 12.1 Å². The quantitative estimate of drug-likeness (QED) is 0.185. The van der Waals surface area contributed by atoms with Crippen LogP contribution in [0.25, 0.3) is 0 Å². The lowest BCUT2D eigenvalue weighted by molar-refractivity contribution is -0.757. The van der Waals surface area contributed by atoms with Crippen molar-refractivity contribution in [2.75, 3.05) is 33.0 Å². The maximum absolute atomic E-state index is 12.4. The number of unbranched alkanes of at least 4 members (excludes halogenated alkanes) is 1. The number of ether oxygens (including phenoxy) is 3. The molecule has 10 nitrogen and oxygen atoms in total. The lowest BCUT2D eigenvalue weighted by Gasteiger charge is -2.18. The third kappa shape index (κ3) is 12.6. The predicted octanol–water partition coefficient (Wildman–Crippen LogP) is 2.67. The number of carbonyl (C=O) groups is 2. The molecule has 0 aromatic heterocycles. The first-order valence-corrected chi connectivity index (χ1v) is 10.0. The van der Waals surface area contributed by atoms with Gasteiger partial charge in [0.15, 0.2) is 0 Å². The summed E-state index contributed by atoms with van der Waals surface area (Å²) in [6.07, 6.45) is 1.82. The average Bonchev–Trinajstić information content (AvgIpc) is 2.73. The minimum absolute atomic E-state index is 0.0538. The van der Waals surface area contributed by atoms with Gasteiger partial charge in [-0.25, -0.2) is 9.59 Å². The van der Waals surface area contributed by atoms with Gasteiger partial charge in [0.25, 0.3) is 5.09 Å². The van der Waals surface area contributed by atoms with E-state index in [1.165, 1.54) is 0 Å². The fraction of sp³-hybridized carbons (Fsp3) is 0.600. The van der Waals surface area contributed by atoms with Gasteiger partial charge < -0.3 is 24.4 Å². The molecule has 30 heavy (non-hydrogen) atoms. The Bertz CT molecular complexity index is 626. The van der Waals surface area contributed by atoms with Crippen molar-refractivity contribution in [1.29, 1.82) is 0 Å². The van der Waals surface area contributed by atoms with Crippen LogP contribution in [0.5, 0.6) is 0 Å². The van der Waals surface area contributed by atoms with Crippen LogP contribution < -0.4 is 5.32 Å². The molecule has 1 amide bonds. The minimum atomic E-state index is -0.871. The van der Waals surface area contributed by atoms with Gasteiger partial charge in [0.2, 0.25) is 0 Å². The van der Waals surface area contributed by atoms with Crippen LogP contribution in [-0.4, -0.2) is 56.2 Å². The second-order valence-electron chi connectivity index (χ2n) is 6.40. The lowest BCUT2D eigenvalue weighted by Crippen LogP contribution is -2.42. The van der Waals surface area contributed by atoms with E-state index in [1.54, 1.807) is 0 Å². The standard InChI is InChI=1S/C20H30N2O8/c1-2-12-27-15-16-28-19(23)18(11-10-17-8-4-3-5-9-17)21-20(24)29-13-6-7-14-30-22(25)26/h3-5,8-9,18H,2,6-7,10-16H2,1H3,(H,21,24). The summed E-state index contributed by atoms with van der Waals surface area (Å²) in [5.74, 6) is -0.553. The van der Waals surface area contributed by atoms with Gasteiger partial charge in [-0.15, -0.1) is 10.1 Å². The second kappa shape index (κ2) is 16.0. The zero-order valence-corrected chi connectivity index (χ0v) is 17.2. The van der Waals surface area contributed by atoms with Gasteiger partial charge >= 0.3 is 12.1 Å². The smallest absolute Gasteiger partial charge is 0.407 e. The third-order valence-electron chi connectivity index (χ3n) is 3.93. The normalized spacial score (nSPS) is 11.4. The summed E-state index contributed by atoms with van der Waals surface area (Å²) >= 11 is 0. The van der Waals surface area contributed by atoms with E-state index in [2.05, 4.69) is 10.2 Å². The molecule has 1 unspecified atom stereocenters. The first-order valence-electron chi connectivity index (χ1n) is 10.0. The van der Waals surface area contributed by atoms with Crippen LogP contribution in [-0.2, 0) is 30.3 Å². The van der Waals surface area contributed by atoms with Crippen molar-refractivity contribution in [3.05, 3.63) is 46.0 Å². The molecule has 1 rings (SSSR count). The molecule has 0 aliphatic heterocycles. The van der Waals surface area contributed by atoms with Gasteiger partial charge in [-0.3, -0.25) is 0 Å². The van der Waals surface area contributed by atoms with Crippen LogP contribution in [0.3, 0.4) is 0 Å². The Morgan fingerprint density at radius 3 is 2.47 bits per heavy atom. The molecule has 168 valence electrons. The molecule has 0 spiro atoms. The number of carbonyl (C=O) groups excluding carboxylic acids is 2. The molecule has 1 aromatic carbocycles. The number of nitrogens with zero attached hydrogens (tertiary/aromatic N) is 1. The Kier molecular flexibility index (Phi) is 13.4. The first kappa shape index (κ1) is 25.2. The predicted molar refractivity (Wildman–Crippen MR) is 107 cm³/mol. The van der Waals surface area contributed by atoms with Gasteiger partial charge in [-0.1, -0.05) is 37.3 Å². The Balaban J connectivity index is 2.43. The van der Waals surface area contributed by atoms with Crippen LogP contribution in [0.15, 0.2) is 30.3 Å². The minimum Gasteiger partial charge on any atom is -0.462 e. The van der Waals surface area contributed by atoms with Gasteiger partial charge in [-0.2, -0.15) is 0 Å². The number of rotatable bonds is 16. The Morgan fingerprint density at radius 2 is 1.77 bits per heavy atom. The van der Waals surface area contributed by atoms with Crippen LogP contribution in [0.1, 0.15) is 38.2 Å². The van der Waals surface area contributed by atoms with Crippen molar-refractivity contribution in [3.8, 4) is 0 Å². The SMILES string of the molecule is CCCOCCOC(=O)C(CCc1ccccc1)NC(=O)OCCCCO[N+](=O)[O-]. The number of esters is 1. The first-order chi connectivity index (χ1) is 14.5. The highest BCUT2D eigenvalue weighted by Gasteiger charge is 2.23. The second-order valence-corrected chi connectivity index (χ2v) is 6.40. The number of aryl methyl sites for hydroxylation is 1. The van der Waals surface area contributed by atoms with Crippen molar-refractivity contribution < 1.29 is 33.7 Å². The molecule has 0 fully saturated rings. The molecule has 1 aromatic rings. The van der Waals surface area contributed by atoms with Crippen LogP contribution in [0.4, 0.5) is 4.79 Å². The maximum Gasteiger partial charge on any atom is 0.407 e. The molecule has 0 bridgehead atoms. The van der Waals surface area contributed by atoms with Crippen LogP contribution in [0.2, 0.25) is 0 Å². The number of nitrogens with one attached hydrogen (secondary N) is 1. The van der Waals surface area contributed by atoms with Crippen molar-refractivity contribution in [1.82, 2.24) is 5.32 Å². The summed E-state index contributed by atoms with van der Waals surface area (Å²) in [7, 11) is 0. The molecule has 0 aliphatic carbocycles. The molecule has 0 radical (unpaired) electrons. The van der Waals surface area contributed by atoms with E-state index in [9.17, 15) is 19.7 Å². The Hall–Kier alpha value is -2.88. The molecule has 1 N–H and O–H groups in total. The average molecular weight is 426 g/mol. The summed E-state index contributed by atoms with van der Waals surface area (Å²) in [6.45, 7) is 2.96. The van der Waals surface area contributed by atoms with Crippen molar-refractivity contribution in [3.63, 3.8) is 0 Å². The lowest BCUT2D eigenvalue weighted by atomic mass is 10.1. The highest BCUT2D eigenvalue weighted by Crippen LogP contribution is 2.07. The van der Waals surface area contributed by atoms with Crippen LogP contribution in [0, 0.1) is 10.1 Å². The highest BCUT2D eigenvalue weighted by atomic mass is 16.9. The molecule has 0 saturated heterocycles. The van der Waals surface area contributed by atoms with E-state index < -0.39 is 23.2 Å². The molecule has 0 saturated carbocycles. The van der Waals surface area contributed by atoms with E-state index in [0.29, 0.717) is 38.9 Å². The van der Waals surface area contributed by atoms with E-state index in [4.69, 9.17) is 14.2 Å². The number of alkyl carbamates (subject to hydrolysis) is 1. The fourth-order valence-corrected chi connectivity index (χ4v) is 2.44. The zero-order chi connectivity index (χ0) is 22.0. The van der Waals surface area contributed by atoms with Gasteiger partial charge in [-0.05, 0) is 37.7 Å². The number of hydrogen-bond donors (Lipinski definition) is 1. The monoisotopic (exact) mass is 426 g/mol. The maximum atomic E-state index is 12.4. The van der Waals surface area contributed by atoms with Gasteiger partial charge in [0, 0.05) is 6.61 Å². The third-order valence-corrected chi connectivity index (χ3v) is 3.93. The van der Waals surface area contributed by atoms with Crippen LogP contribution >= 0.6 is 0 Å². The Morgan fingerprint density at radius 1 is 1.03 bits per heavy atom.